The van der Waals surface area contributed by atoms with Crippen LogP contribution in [0.2, 0.25) is 0 Å². The number of nitrogens with zero attached hydrogens (tertiary/aromatic N) is 2. The first kappa shape index (κ1) is 13.3. The fourth-order valence-corrected chi connectivity index (χ4v) is 1.93. The highest BCUT2D eigenvalue weighted by Gasteiger charge is 2.44. The highest BCUT2D eigenvalue weighted by Crippen LogP contribution is 2.24. The largest absolute Gasteiger partial charge is 0.501 e. The predicted molar refractivity (Wildman–Crippen MR) is 61.2 cm³/mol. The SMILES string of the molecule is CC(=O)C[N+]1=C2C=C(F)C(F)C=C2C(=O)N(C)C1=O. The van der Waals surface area contributed by atoms with Crippen molar-refractivity contribution in [1.82, 2.24) is 4.90 Å². The molecule has 0 saturated heterocycles. The lowest BCUT2D eigenvalue weighted by molar-refractivity contribution is -0.423. The van der Waals surface area contributed by atoms with Crippen molar-refractivity contribution < 1.29 is 27.7 Å². The van der Waals surface area contributed by atoms with Crippen molar-refractivity contribution >= 4 is 23.4 Å². The number of carbonyl (C=O) groups is 3. The van der Waals surface area contributed by atoms with Crippen molar-refractivity contribution in [3.8, 4) is 0 Å². The molecule has 0 fully saturated rings. The first-order chi connectivity index (χ1) is 8.82. The molecule has 1 unspecified atom stereocenters. The van der Waals surface area contributed by atoms with Gasteiger partial charge in [-0.25, -0.2) is 13.6 Å². The number of hydrogen-bond acceptors (Lipinski definition) is 3. The second-order valence-corrected chi connectivity index (χ2v) is 4.33. The highest BCUT2D eigenvalue weighted by atomic mass is 19.2. The topological polar surface area (TPSA) is 57.5 Å². The summed E-state index contributed by atoms with van der Waals surface area (Å²) in [5.41, 5.74) is -0.188. The number of halogens is 2. The lowest BCUT2D eigenvalue weighted by Crippen LogP contribution is -2.50. The predicted octanol–water partition coefficient (Wildman–Crippen LogP) is 0.752. The number of hydrogen-bond donors (Lipinski definition) is 0. The Morgan fingerprint density at radius 3 is 2.68 bits per heavy atom. The van der Waals surface area contributed by atoms with E-state index in [0.717, 1.165) is 21.6 Å². The minimum absolute atomic E-state index is 0.0744. The lowest BCUT2D eigenvalue weighted by Gasteiger charge is -2.22. The molecule has 2 aliphatic rings. The molecule has 1 aliphatic carbocycles. The third-order valence-electron chi connectivity index (χ3n) is 2.85. The molecule has 3 amide bonds. The molecular formula is C12H11F2N2O3+. The Bertz CT molecular complexity index is 590. The van der Waals surface area contributed by atoms with Gasteiger partial charge in [-0.3, -0.25) is 4.79 Å². The van der Waals surface area contributed by atoms with E-state index in [9.17, 15) is 23.2 Å². The molecule has 0 radical (unpaired) electrons. The first-order valence-electron chi connectivity index (χ1n) is 5.52. The van der Waals surface area contributed by atoms with Gasteiger partial charge in [-0.2, -0.15) is 14.3 Å². The van der Waals surface area contributed by atoms with Crippen molar-refractivity contribution in [2.45, 2.75) is 13.1 Å². The van der Waals surface area contributed by atoms with Crippen LogP contribution in [-0.4, -0.2) is 52.7 Å². The van der Waals surface area contributed by atoms with E-state index in [1.807, 2.05) is 0 Å². The highest BCUT2D eigenvalue weighted by molar-refractivity contribution is 6.29. The molecule has 1 heterocycles. The lowest BCUT2D eigenvalue weighted by atomic mass is 9.98. The van der Waals surface area contributed by atoms with E-state index in [1.54, 1.807) is 0 Å². The van der Waals surface area contributed by atoms with Crippen LogP contribution in [0.5, 0.6) is 0 Å². The van der Waals surface area contributed by atoms with E-state index in [2.05, 4.69) is 0 Å². The maximum atomic E-state index is 13.3. The average molecular weight is 269 g/mol. The van der Waals surface area contributed by atoms with Crippen LogP contribution < -0.4 is 0 Å². The van der Waals surface area contributed by atoms with Gasteiger partial charge < -0.3 is 0 Å². The van der Waals surface area contributed by atoms with Gasteiger partial charge >= 0.3 is 11.9 Å². The van der Waals surface area contributed by atoms with E-state index >= 15 is 0 Å². The van der Waals surface area contributed by atoms with Gasteiger partial charge in [0.25, 0.3) is 0 Å². The van der Waals surface area contributed by atoms with Gasteiger partial charge in [0.05, 0.1) is 7.05 Å². The van der Waals surface area contributed by atoms with Crippen molar-refractivity contribution in [2.75, 3.05) is 13.6 Å². The molecule has 7 heteroatoms. The van der Waals surface area contributed by atoms with E-state index in [-0.39, 0.29) is 23.6 Å². The third kappa shape index (κ3) is 2.11. The number of allylic oxidation sites excluding steroid dienone is 3. The Hall–Kier alpha value is -2.18. The Morgan fingerprint density at radius 1 is 1.47 bits per heavy atom. The van der Waals surface area contributed by atoms with Gasteiger partial charge in [-0.05, 0) is 13.0 Å². The molecule has 0 aromatic rings. The second kappa shape index (κ2) is 4.49. The van der Waals surface area contributed by atoms with Crippen molar-refractivity contribution in [3.63, 3.8) is 0 Å². The smallest absolute Gasteiger partial charge is 0.296 e. The van der Waals surface area contributed by atoms with Crippen LogP contribution in [-0.2, 0) is 9.59 Å². The number of urea groups is 1. The standard InChI is InChI=1S/C12H11F2N2O3/c1-6(17)5-16-10-4-9(14)8(13)3-7(10)11(18)15(2)12(16)19/h3-4,8H,5H2,1-2H3/q+1. The van der Waals surface area contributed by atoms with Gasteiger partial charge in [-0.15, -0.1) is 0 Å². The number of carbonyl (C=O) groups excluding carboxylic acids is 3. The number of fused-ring (bicyclic) bond motifs is 1. The number of ketones is 1. The number of likely N-dealkylation sites (N-methyl/N-ethyl adjacent to an activating group) is 1. The van der Waals surface area contributed by atoms with Gasteiger partial charge in [0, 0.05) is 6.08 Å². The molecule has 0 aromatic carbocycles. The summed E-state index contributed by atoms with van der Waals surface area (Å²) < 4.78 is 27.5. The number of alkyl halides is 1. The fourth-order valence-electron chi connectivity index (χ4n) is 1.93. The number of Topliss-reactive ketones (excluding diaryl/α,β-unsaturated/α-hetero) is 1. The van der Waals surface area contributed by atoms with Crippen LogP contribution >= 0.6 is 0 Å². The van der Waals surface area contributed by atoms with Crippen LogP contribution in [0.15, 0.2) is 23.6 Å². The zero-order valence-electron chi connectivity index (χ0n) is 10.3. The molecule has 0 aromatic heterocycles. The average Bonchev–Trinajstić information content (AvgIpc) is 2.34. The zero-order valence-corrected chi connectivity index (χ0v) is 10.3. The number of amides is 3. The third-order valence-corrected chi connectivity index (χ3v) is 2.85. The maximum Gasteiger partial charge on any atom is 0.501 e. The quantitative estimate of drug-likeness (QED) is 0.695. The summed E-state index contributed by atoms with van der Waals surface area (Å²) in [4.78, 5) is 35.7. The molecule has 19 heavy (non-hydrogen) atoms. The summed E-state index contributed by atoms with van der Waals surface area (Å²) in [6, 6.07) is -0.742. The number of imide groups is 1. The summed E-state index contributed by atoms with van der Waals surface area (Å²) in [5, 5.41) is 0. The Kier molecular flexibility index (Phi) is 3.13. The maximum absolute atomic E-state index is 13.3. The Balaban J connectivity index is 2.64. The van der Waals surface area contributed by atoms with Crippen LogP contribution in [0.3, 0.4) is 0 Å². The van der Waals surface area contributed by atoms with Crippen LogP contribution in [0.4, 0.5) is 13.6 Å². The number of rotatable bonds is 2. The molecule has 1 atom stereocenters. The van der Waals surface area contributed by atoms with Gasteiger partial charge in [0.2, 0.25) is 0 Å². The summed E-state index contributed by atoms with van der Waals surface area (Å²) in [5.74, 6) is -2.15. The molecule has 100 valence electrons. The molecule has 0 N–H and O–H groups in total. The normalized spacial score (nSPS) is 23.2. The molecular weight excluding hydrogens is 258 g/mol. The van der Waals surface area contributed by atoms with Crippen molar-refractivity contribution in [1.29, 1.82) is 0 Å². The molecule has 0 spiro atoms. The van der Waals surface area contributed by atoms with Crippen LogP contribution in [0.1, 0.15) is 6.92 Å². The Morgan fingerprint density at radius 2 is 2.11 bits per heavy atom. The molecule has 2 rings (SSSR count). The van der Waals surface area contributed by atoms with Gasteiger partial charge in [0.1, 0.15) is 17.1 Å². The molecule has 0 saturated carbocycles. The van der Waals surface area contributed by atoms with Crippen molar-refractivity contribution in [2.24, 2.45) is 0 Å². The van der Waals surface area contributed by atoms with E-state index in [1.165, 1.54) is 14.0 Å². The van der Waals surface area contributed by atoms with Crippen molar-refractivity contribution in [3.05, 3.63) is 23.6 Å². The monoisotopic (exact) mass is 269 g/mol. The van der Waals surface area contributed by atoms with Crippen LogP contribution in [0, 0.1) is 0 Å². The summed E-state index contributed by atoms with van der Waals surface area (Å²) in [6.45, 7) is 0.957. The zero-order chi connectivity index (χ0) is 14.3. The fraction of sp³-hybridized carbons (Fsp3) is 0.333. The van der Waals surface area contributed by atoms with E-state index in [4.69, 9.17) is 0 Å². The Labute approximate surface area is 107 Å². The van der Waals surface area contributed by atoms with Gasteiger partial charge in [-0.1, -0.05) is 0 Å². The summed E-state index contributed by atoms with van der Waals surface area (Å²) in [6.07, 6.45) is -0.419. The van der Waals surface area contributed by atoms with Gasteiger partial charge in [0.15, 0.2) is 18.5 Å². The van der Waals surface area contributed by atoms with Crippen LogP contribution in [0.25, 0.3) is 0 Å². The molecule has 1 aliphatic heterocycles. The minimum atomic E-state index is -2.01. The molecule has 0 bridgehead atoms. The first-order valence-corrected chi connectivity index (χ1v) is 5.52. The second-order valence-electron chi connectivity index (χ2n) is 4.33. The minimum Gasteiger partial charge on any atom is -0.296 e. The summed E-state index contributed by atoms with van der Waals surface area (Å²) >= 11 is 0. The van der Waals surface area contributed by atoms with E-state index < -0.39 is 23.9 Å². The summed E-state index contributed by atoms with van der Waals surface area (Å²) in [7, 11) is 1.22. The van der Waals surface area contributed by atoms with E-state index in [0.29, 0.717) is 0 Å². The molecule has 5 nitrogen and oxygen atoms in total.